The van der Waals surface area contributed by atoms with Crippen LogP contribution in [0, 0.1) is 14.9 Å². The summed E-state index contributed by atoms with van der Waals surface area (Å²) in [7, 11) is 0. The van der Waals surface area contributed by atoms with Gasteiger partial charge in [0.25, 0.3) is 0 Å². The van der Waals surface area contributed by atoms with Gasteiger partial charge in [0.05, 0.1) is 0 Å². The second-order valence-corrected chi connectivity index (χ2v) is 2.86. The van der Waals surface area contributed by atoms with Crippen molar-refractivity contribution in [3.8, 4) is 0 Å². The zero-order valence-corrected chi connectivity index (χ0v) is 12.9. The fourth-order valence-electron chi connectivity index (χ4n) is 1.21. The Morgan fingerprint density at radius 2 is 0.875 bits per heavy atom. The van der Waals surface area contributed by atoms with Crippen molar-refractivity contribution in [1.82, 2.24) is 0 Å². The van der Waals surface area contributed by atoms with Crippen LogP contribution in [0.15, 0.2) is 60.7 Å². The molecule has 0 fully saturated rings. The third-order valence-corrected chi connectivity index (χ3v) is 1.84. The molecule has 0 aliphatic carbocycles. The molecule has 0 atom stereocenters. The van der Waals surface area contributed by atoms with E-state index in [2.05, 4.69) is 5.32 Å². The molecule has 80 valence electrons. The zero-order chi connectivity index (χ0) is 8.93. The molecule has 2 aromatic carbocycles. The van der Waals surface area contributed by atoms with Gasteiger partial charge in [-0.3, -0.25) is 0 Å². The molecule has 0 aromatic heterocycles. The summed E-state index contributed by atoms with van der Waals surface area (Å²) in [4.78, 5) is 0. The van der Waals surface area contributed by atoms with Gasteiger partial charge in [-0.25, -0.2) is 0 Å². The summed E-state index contributed by atoms with van der Waals surface area (Å²) in [5, 5.41) is 3.30. The predicted molar refractivity (Wildman–Crippen MR) is 69.0 cm³/mol. The topological polar surface area (TPSA) is 12.0 Å². The molecule has 0 aliphatic heterocycles. The van der Waals surface area contributed by atoms with Crippen LogP contribution in [0.1, 0.15) is 0 Å². The van der Waals surface area contributed by atoms with E-state index in [9.17, 15) is 0 Å². The average Bonchev–Trinajstić information content (AvgIpc) is 2.21. The van der Waals surface area contributed by atoms with Crippen molar-refractivity contribution < 1.29 is 19.5 Å². The van der Waals surface area contributed by atoms with Gasteiger partial charge in [0.2, 0.25) is 0 Å². The Hall–Kier alpha value is -1.14. The van der Waals surface area contributed by atoms with Crippen LogP contribution in [0.3, 0.4) is 0 Å². The van der Waals surface area contributed by atoms with Gasteiger partial charge in [0.15, 0.2) is 0 Å². The van der Waals surface area contributed by atoms with Crippen molar-refractivity contribution in [3.05, 3.63) is 75.5 Å². The number of hydrogen-bond donors (Lipinski definition) is 1. The summed E-state index contributed by atoms with van der Waals surface area (Å²) in [6.07, 6.45) is 0. The van der Waals surface area contributed by atoms with Crippen LogP contribution in [-0.2, 0) is 19.5 Å². The molecule has 0 saturated carbocycles. The van der Waals surface area contributed by atoms with Crippen LogP contribution >= 0.6 is 0 Å². The molecule has 2 heteroatoms. The molecule has 0 unspecified atom stereocenters. The van der Waals surface area contributed by atoms with Gasteiger partial charge >= 0.3 is 19.5 Å². The van der Waals surface area contributed by atoms with Crippen LogP contribution < -0.4 is 5.32 Å². The fourth-order valence-corrected chi connectivity index (χ4v) is 1.21. The normalized spacial score (nSPS) is 7.75. The van der Waals surface area contributed by atoms with Gasteiger partial charge in [-0.2, -0.15) is 0 Å². The molecule has 0 heterocycles. The minimum Gasteiger partial charge on any atom is -0.358 e. The Kier molecular flexibility index (Phi) is 9.84. The molecule has 0 radical (unpaired) electrons. The maximum atomic E-state index is 3.30. The molecule has 0 amide bonds. The maximum Gasteiger partial charge on any atom is 2.00 e. The Morgan fingerprint density at radius 3 is 1.19 bits per heavy atom. The van der Waals surface area contributed by atoms with Gasteiger partial charge in [-0.15, -0.1) is 0 Å². The first kappa shape index (κ1) is 17.3. The molecule has 1 nitrogen and oxygen atoms in total. The first-order valence-electron chi connectivity index (χ1n) is 4.32. The van der Waals surface area contributed by atoms with Gasteiger partial charge in [-0.05, 0) is 24.3 Å². The van der Waals surface area contributed by atoms with Crippen molar-refractivity contribution >= 4 is 11.4 Å². The van der Waals surface area contributed by atoms with Crippen LogP contribution in [0.5, 0.6) is 0 Å². The maximum absolute atomic E-state index is 3.30. The molecule has 0 bridgehead atoms. The Morgan fingerprint density at radius 1 is 0.562 bits per heavy atom. The van der Waals surface area contributed by atoms with E-state index >= 15 is 0 Å². The zero-order valence-electron chi connectivity index (χ0n) is 9.98. The van der Waals surface area contributed by atoms with Crippen LogP contribution in [-0.4, -0.2) is 0 Å². The van der Waals surface area contributed by atoms with Gasteiger partial charge in [0.1, 0.15) is 0 Å². The number of para-hydroxylation sites is 2. The van der Waals surface area contributed by atoms with E-state index < -0.39 is 0 Å². The monoisotopic (exact) mass is 263 g/mol. The van der Waals surface area contributed by atoms with Crippen molar-refractivity contribution in [1.29, 1.82) is 0 Å². The Balaban J connectivity index is 0. The van der Waals surface area contributed by atoms with E-state index in [4.69, 9.17) is 0 Å². The molecular weight excluding hydrogens is 248 g/mol. The van der Waals surface area contributed by atoms with E-state index in [1.165, 1.54) is 0 Å². The van der Waals surface area contributed by atoms with Crippen LogP contribution in [0.25, 0.3) is 0 Å². The second-order valence-electron chi connectivity index (χ2n) is 2.86. The summed E-state index contributed by atoms with van der Waals surface area (Å²) in [6.45, 7) is 0. The molecule has 2 rings (SSSR count). The summed E-state index contributed by atoms with van der Waals surface area (Å²) in [6, 6.07) is 20.3. The van der Waals surface area contributed by atoms with E-state index in [-0.39, 0.29) is 34.3 Å². The number of nitrogens with one attached hydrogen (secondary N) is 1. The van der Waals surface area contributed by atoms with Crippen molar-refractivity contribution in [3.63, 3.8) is 0 Å². The average molecular weight is 265 g/mol. The van der Waals surface area contributed by atoms with Crippen molar-refractivity contribution in [2.24, 2.45) is 0 Å². The minimum atomic E-state index is 0. The molecule has 2 aromatic rings. The van der Waals surface area contributed by atoms with Crippen LogP contribution in [0.2, 0.25) is 0 Å². The van der Waals surface area contributed by atoms with E-state index in [0.29, 0.717) is 0 Å². The molecule has 1 N–H and O–H groups in total. The van der Waals surface area contributed by atoms with E-state index in [0.717, 1.165) is 11.4 Å². The quantitative estimate of drug-likeness (QED) is 0.629. The van der Waals surface area contributed by atoms with Gasteiger partial charge in [-0.1, -0.05) is 36.4 Å². The predicted octanol–water partition coefficient (Wildman–Crippen LogP) is 4.33. The summed E-state index contributed by atoms with van der Waals surface area (Å²) in [5.74, 6) is 0. The SMILES string of the molecule is [CH3-].[CH3-].[Zn+2].c1ccc(Nc2ccccc2)cc1. The smallest absolute Gasteiger partial charge is 0.358 e. The number of anilines is 2. The van der Waals surface area contributed by atoms with Crippen LogP contribution in [0.4, 0.5) is 11.4 Å². The van der Waals surface area contributed by atoms with Crippen molar-refractivity contribution in [2.45, 2.75) is 0 Å². The summed E-state index contributed by atoms with van der Waals surface area (Å²) in [5.41, 5.74) is 2.24. The Bertz CT molecular complexity index is 322. The Labute approximate surface area is 112 Å². The molecular formula is C14H17NZn. The summed E-state index contributed by atoms with van der Waals surface area (Å²) >= 11 is 0. The van der Waals surface area contributed by atoms with Gasteiger partial charge in [0, 0.05) is 11.4 Å². The number of benzene rings is 2. The second kappa shape index (κ2) is 9.12. The minimum absolute atomic E-state index is 0. The number of hydrogen-bond acceptors (Lipinski definition) is 1. The van der Waals surface area contributed by atoms with E-state index in [1.54, 1.807) is 0 Å². The third kappa shape index (κ3) is 5.09. The number of rotatable bonds is 2. The standard InChI is InChI=1S/C12H11N.2CH3.Zn/c1-3-7-11(8-4-1)13-12-9-5-2-6-10-12;;;/h1-10,13H;2*1H3;/q;2*-1;+2. The molecule has 0 saturated heterocycles. The largest absolute Gasteiger partial charge is 2.00 e. The van der Waals surface area contributed by atoms with Crippen molar-refractivity contribution in [2.75, 3.05) is 5.32 Å². The van der Waals surface area contributed by atoms with E-state index in [1.807, 2.05) is 60.7 Å². The summed E-state index contributed by atoms with van der Waals surface area (Å²) < 4.78 is 0. The molecule has 0 aliphatic rings. The first-order valence-corrected chi connectivity index (χ1v) is 4.32. The fraction of sp³-hybridized carbons (Fsp3) is 0. The van der Waals surface area contributed by atoms with Gasteiger partial charge < -0.3 is 20.2 Å². The third-order valence-electron chi connectivity index (χ3n) is 1.84. The first-order chi connectivity index (χ1) is 6.45. The molecule has 0 spiro atoms. The molecule has 16 heavy (non-hydrogen) atoms.